The number of benzene rings is 5. The van der Waals surface area contributed by atoms with Gasteiger partial charge in [0.1, 0.15) is 5.75 Å². The van der Waals surface area contributed by atoms with Gasteiger partial charge in [0, 0.05) is 29.8 Å². The summed E-state index contributed by atoms with van der Waals surface area (Å²) in [6.07, 6.45) is 23.3. The minimum Gasteiger partial charge on any atom is -0.543 e. The third-order valence-corrected chi connectivity index (χ3v) is 27.9. The molecule has 4 aliphatic carbocycles. The van der Waals surface area contributed by atoms with E-state index in [1.165, 1.54) is 170 Å². The molecule has 5 aromatic carbocycles. The van der Waals surface area contributed by atoms with Crippen molar-refractivity contribution >= 4 is 35.1 Å². The molecular weight excluding hydrogens is 1610 g/mol. The number of pyridine rings is 2. The zero-order chi connectivity index (χ0) is 92.8. The molecule has 7 aromatic rings. The van der Waals surface area contributed by atoms with Crippen LogP contribution in [0.3, 0.4) is 0 Å². The van der Waals surface area contributed by atoms with Crippen molar-refractivity contribution in [1.29, 1.82) is 0 Å². The molecule has 0 saturated heterocycles. The highest BCUT2D eigenvalue weighted by atomic mass is 28.4. The first-order valence-electron chi connectivity index (χ1n) is 49.0. The molecule has 0 atom stereocenters. The van der Waals surface area contributed by atoms with Crippen LogP contribution in [-0.2, 0) is 74.9 Å². The predicted molar refractivity (Wildman–Crippen MR) is 610 cm³/mol. The van der Waals surface area contributed by atoms with Crippen LogP contribution in [0.1, 0.15) is 478 Å². The molecule has 0 bridgehead atoms. The molecule has 14 rings (SSSR count). The van der Waals surface area contributed by atoms with Crippen molar-refractivity contribution in [2.75, 3.05) is 0 Å². The Balaban J connectivity index is -0.000000176. The average Bonchev–Trinajstić information content (AvgIpc) is 1.62. The lowest BCUT2D eigenvalue weighted by Gasteiger charge is -2.24. The lowest BCUT2D eigenvalue weighted by Crippen LogP contribution is -2.42. The maximum absolute atomic E-state index is 6.32. The van der Waals surface area contributed by atoms with E-state index in [9.17, 15) is 0 Å². The van der Waals surface area contributed by atoms with Gasteiger partial charge < -0.3 is 8.85 Å². The Morgan fingerprint density at radius 3 is 0.829 bits per heavy atom. The quantitative estimate of drug-likeness (QED) is 0.156. The van der Waals surface area contributed by atoms with Gasteiger partial charge in [-0.15, -0.1) is 0 Å². The van der Waals surface area contributed by atoms with Crippen molar-refractivity contribution in [2.24, 2.45) is 47.3 Å². The number of fused-ring (bicyclic) bond motifs is 7. The lowest BCUT2D eigenvalue weighted by atomic mass is 9.91. The van der Waals surface area contributed by atoms with E-state index in [1.54, 1.807) is 49.3 Å². The third-order valence-electron chi connectivity index (χ3n) is 19.9. The molecule has 0 saturated carbocycles. The summed E-state index contributed by atoms with van der Waals surface area (Å²) < 4.78 is 12.4. The number of aromatic nitrogens is 2. The van der Waals surface area contributed by atoms with Crippen molar-refractivity contribution in [1.82, 2.24) is 9.97 Å². The molecule has 0 spiro atoms. The van der Waals surface area contributed by atoms with Gasteiger partial charge in [-0.25, -0.2) is 0 Å². The van der Waals surface area contributed by atoms with Gasteiger partial charge in [-0.2, -0.15) is 0 Å². The second-order valence-electron chi connectivity index (χ2n) is 44.1. The Bertz CT molecular complexity index is 3460. The fourth-order valence-corrected chi connectivity index (χ4v) is 23.1. The van der Waals surface area contributed by atoms with Crippen LogP contribution in [0.25, 0.3) is 0 Å². The van der Waals surface area contributed by atoms with E-state index in [0.717, 1.165) is 54.0 Å². The summed E-state index contributed by atoms with van der Waals surface area (Å²) in [5.74, 6) is 11.6. The summed E-state index contributed by atoms with van der Waals surface area (Å²) >= 11 is 0. The fourth-order valence-electron chi connectivity index (χ4n) is 15.0. The molecule has 0 unspecified atom stereocenters. The van der Waals surface area contributed by atoms with E-state index in [-0.39, 0.29) is 59.4 Å². The molecule has 0 N–H and O–H groups in total. The van der Waals surface area contributed by atoms with Gasteiger partial charge in [-0.05, 0) is 312 Å². The summed E-state index contributed by atoms with van der Waals surface area (Å²) in [5.41, 5.74) is 25.7. The maximum Gasteiger partial charge on any atom is 0.249 e. The van der Waals surface area contributed by atoms with Crippen molar-refractivity contribution in [3.8, 4) is 5.75 Å². The molecule has 2 aromatic heterocycles. The van der Waals surface area contributed by atoms with Crippen LogP contribution in [0, 0.1) is 47.3 Å². The Hall–Kier alpha value is -5.19. The Labute approximate surface area is 816 Å². The van der Waals surface area contributed by atoms with E-state index in [2.05, 4.69) is 396 Å². The standard InChI is InChI=1S/C16H26Si.2C15H24OSi.C10H12.C9H11N.C9H10.C8H9N.8C4H10.8CH4/c1-11(2)13-7-8-14(12(3)4)16-15(13)9-10-17(16,5)6;1-10(2)12-7-8-13(11(3)4)15-14(12)9-17(5,6)16-15;1-10(2)12-7-8-13(11(3)4)15-14(12)9-16-17(15,5)6;1-2-6-10-8-4-3-7-9(10)5-1;1-2-6-9-8(4-1)5-3-7-10-9;1-2-5-9-7-3-6-8(9)4-1;1-3-7-4-2-6-9-8(7)5-1;8*1-4(2)3;;;;;;;;/h7-8,11-12H,9-10H2,1-6H3;2*7-8,10-11H,9H2,1-6H3;1-2,5-6H,3-4,7-8H2;3,5,7H,1-2,4,6H2;1-2,4-5H,3,6-7H2;2,4,6H,1,3,5H2;8*4H,1-3H3;8*1H4. The molecule has 7 heteroatoms. The molecule has 0 fully saturated rings. The van der Waals surface area contributed by atoms with Gasteiger partial charge in [0.15, 0.2) is 0 Å². The normalized spacial score (nSPS) is 14.0. The highest BCUT2D eigenvalue weighted by Gasteiger charge is 2.40. The lowest BCUT2D eigenvalue weighted by molar-refractivity contribution is 0.318. The van der Waals surface area contributed by atoms with Crippen molar-refractivity contribution in [2.45, 2.75) is 498 Å². The molecular formula is C122H228N2O2Si3. The molecule has 0 radical (unpaired) electrons. The van der Waals surface area contributed by atoms with Crippen molar-refractivity contribution in [3.63, 3.8) is 0 Å². The van der Waals surface area contributed by atoms with Gasteiger partial charge in [-0.1, -0.05) is 424 Å². The van der Waals surface area contributed by atoms with Crippen molar-refractivity contribution in [3.05, 3.63) is 216 Å². The Morgan fingerprint density at radius 1 is 0.256 bits per heavy atom. The number of nitrogens with zero attached hydrogens (tertiary/aromatic N) is 2. The molecule has 3 aliphatic heterocycles. The van der Waals surface area contributed by atoms with Crippen molar-refractivity contribution < 1.29 is 8.85 Å². The first-order chi connectivity index (χ1) is 56.2. The number of hydrogen-bond donors (Lipinski definition) is 0. The van der Waals surface area contributed by atoms with Crippen LogP contribution < -0.4 is 14.8 Å². The maximum atomic E-state index is 6.32. The molecule has 5 heterocycles. The largest absolute Gasteiger partial charge is 0.543 e. The summed E-state index contributed by atoms with van der Waals surface area (Å²) in [7, 11) is -4.29. The molecule has 4 nitrogen and oxygen atoms in total. The molecule has 129 heavy (non-hydrogen) atoms. The van der Waals surface area contributed by atoms with Gasteiger partial charge in [0.2, 0.25) is 16.6 Å². The van der Waals surface area contributed by atoms with Gasteiger partial charge >= 0.3 is 0 Å². The molecule has 0 amide bonds. The zero-order valence-electron chi connectivity index (χ0n) is 87.6. The summed E-state index contributed by atoms with van der Waals surface area (Å²) in [6, 6.07) is 42.6. The van der Waals surface area contributed by atoms with Gasteiger partial charge in [0.05, 0.1) is 14.7 Å². The summed E-state index contributed by atoms with van der Waals surface area (Å²) in [5, 5.41) is 3.39. The smallest absolute Gasteiger partial charge is 0.249 e. The van der Waals surface area contributed by atoms with Crippen LogP contribution in [0.5, 0.6) is 5.75 Å². The number of aryl methyl sites for hydroxylation is 8. The SMILES string of the molecule is C.C.C.C.C.C.C.C.CC(C)C.CC(C)C.CC(C)C.CC(C)C.CC(C)C.CC(C)C.CC(C)C.CC(C)C.CC(C)c1ccc(C(C)C)c2c1CC[Si]2(C)C.CC(C)c1ccc(C(C)C)c2c1CO[Si]2(C)C.CC(C)c1ccc(C(C)C)c2c1C[Si](C)(C)O2.c1ccc2c(c1)CCC2.c1ccc2c(c1)CCCC2.c1cnc2c(c1)CCC2.c1cnc2c(c1)CCCC2. The van der Waals surface area contributed by atoms with E-state index < -0.39 is 24.7 Å². The van der Waals surface area contributed by atoms with Crippen LogP contribution in [-0.4, -0.2) is 34.7 Å². The minimum atomic E-state index is -1.65. The summed E-state index contributed by atoms with van der Waals surface area (Å²) in [6.45, 7) is 94.8. The third kappa shape index (κ3) is 59.3. The monoisotopic (exact) mass is 1840 g/mol. The predicted octanol–water partition coefficient (Wildman–Crippen LogP) is 39.6. The minimum absolute atomic E-state index is 0. The first kappa shape index (κ1) is 142. The molecule has 7 aliphatic rings. The Morgan fingerprint density at radius 2 is 0.504 bits per heavy atom. The zero-order valence-corrected chi connectivity index (χ0v) is 90.6. The summed E-state index contributed by atoms with van der Waals surface area (Å²) in [4.78, 5) is 8.58. The van der Waals surface area contributed by atoms with Crippen LogP contribution >= 0.6 is 0 Å². The van der Waals surface area contributed by atoms with Crippen LogP contribution in [0.4, 0.5) is 0 Å². The van der Waals surface area contributed by atoms with E-state index in [0.29, 0.717) is 35.5 Å². The molecule has 750 valence electrons. The van der Waals surface area contributed by atoms with Crippen LogP contribution in [0.15, 0.2) is 122 Å². The topological polar surface area (TPSA) is 44.2 Å². The number of rotatable bonds is 6. The van der Waals surface area contributed by atoms with Crippen LogP contribution in [0.2, 0.25) is 45.3 Å². The van der Waals surface area contributed by atoms with E-state index in [1.807, 2.05) is 24.5 Å². The Kier molecular flexibility index (Phi) is 81.4. The fraction of sp³-hybridized carbons (Fsp3) is 0.672. The highest BCUT2D eigenvalue weighted by molar-refractivity contribution is 6.91. The average molecular weight is 1840 g/mol. The van der Waals surface area contributed by atoms with E-state index in [4.69, 9.17) is 8.85 Å². The number of hydrogen-bond acceptors (Lipinski definition) is 4. The van der Waals surface area contributed by atoms with Gasteiger partial charge in [0.25, 0.3) is 0 Å². The highest BCUT2D eigenvalue weighted by Crippen LogP contribution is 2.43. The van der Waals surface area contributed by atoms with E-state index >= 15 is 0 Å². The van der Waals surface area contributed by atoms with Gasteiger partial charge in [-0.3, -0.25) is 9.97 Å². The second kappa shape index (κ2) is 74.1. The first-order valence-corrected chi connectivity index (χ1v) is 58.3. The second-order valence-corrected chi connectivity index (χ2v) is 56.8.